The molecule has 3 rings (SSSR count). The fraction of sp³-hybridized carbons (Fsp3) is 0.381. The number of carbonyl (C=O) groups is 3. The van der Waals surface area contributed by atoms with E-state index in [1.165, 1.54) is 7.11 Å². The lowest BCUT2D eigenvalue weighted by Crippen LogP contribution is -2.35. The topological polar surface area (TPSA) is 97.6 Å². The highest BCUT2D eigenvalue weighted by Crippen LogP contribution is 2.30. The maximum absolute atomic E-state index is 12.6. The number of carbonyl (C=O) groups excluding carboxylic acids is 3. The van der Waals surface area contributed by atoms with Crippen molar-refractivity contribution in [1.29, 1.82) is 0 Å². The van der Waals surface area contributed by atoms with E-state index in [2.05, 4.69) is 10.6 Å². The molecule has 148 valence electrons. The van der Waals surface area contributed by atoms with Crippen LogP contribution in [0.5, 0.6) is 0 Å². The van der Waals surface area contributed by atoms with Gasteiger partial charge in [-0.1, -0.05) is 12.1 Å². The Morgan fingerprint density at radius 3 is 2.32 bits per heavy atom. The molecule has 2 amide bonds. The van der Waals surface area contributed by atoms with Gasteiger partial charge in [0.25, 0.3) is 0 Å². The fourth-order valence-corrected chi connectivity index (χ4v) is 3.46. The number of benzene rings is 1. The molecule has 7 heteroatoms. The minimum atomic E-state index is -0.493. The Bertz CT molecular complexity index is 823. The number of nitrogens with one attached hydrogen (secondary N) is 2. The first kappa shape index (κ1) is 19.7. The van der Waals surface area contributed by atoms with Crippen LogP contribution < -0.4 is 10.6 Å². The van der Waals surface area contributed by atoms with Crippen LogP contribution in [0.1, 0.15) is 41.8 Å². The fourth-order valence-electron chi connectivity index (χ4n) is 3.46. The predicted molar refractivity (Wildman–Crippen MR) is 102 cm³/mol. The molecule has 0 spiro atoms. The van der Waals surface area contributed by atoms with Crippen molar-refractivity contribution in [3.63, 3.8) is 0 Å². The number of hydrogen-bond donors (Lipinski definition) is 2. The van der Waals surface area contributed by atoms with Crippen LogP contribution in [-0.2, 0) is 20.9 Å². The van der Waals surface area contributed by atoms with Crippen molar-refractivity contribution in [2.24, 2.45) is 11.8 Å². The first-order chi connectivity index (χ1) is 13.6. The van der Waals surface area contributed by atoms with Gasteiger partial charge in [-0.2, -0.15) is 0 Å². The van der Waals surface area contributed by atoms with E-state index in [9.17, 15) is 14.4 Å². The highest BCUT2D eigenvalue weighted by molar-refractivity contribution is 6.01. The highest BCUT2D eigenvalue weighted by Gasteiger charge is 2.30. The third-order valence-electron chi connectivity index (χ3n) is 5.08. The molecule has 0 unspecified atom stereocenters. The summed E-state index contributed by atoms with van der Waals surface area (Å²) in [5.41, 5.74) is 0.766. The van der Waals surface area contributed by atoms with Gasteiger partial charge in [-0.3, -0.25) is 9.59 Å². The molecule has 1 heterocycles. The molecule has 1 fully saturated rings. The van der Waals surface area contributed by atoms with E-state index in [0.717, 1.165) is 0 Å². The number of anilines is 1. The molecule has 2 aromatic rings. The van der Waals surface area contributed by atoms with Crippen molar-refractivity contribution < 1.29 is 23.5 Å². The standard InChI is InChI=1S/C21H24N2O5/c1-27-21(26)17-6-2-3-7-18(17)23-20(25)15-10-8-14(9-11-15)19(24)22-13-16-5-4-12-28-16/h2-7,12,14-15H,8-11,13H2,1H3,(H,22,24)(H,23,25). The van der Waals surface area contributed by atoms with Crippen LogP contribution in [0.3, 0.4) is 0 Å². The van der Waals surface area contributed by atoms with Crippen LogP contribution >= 0.6 is 0 Å². The van der Waals surface area contributed by atoms with Crippen molar-refractivity contribution in [1.82, 2.24) is 5.32 Å². The Morgan fingerprint density at radius 1 is 1.00 bits per heavy atom. The normalized spacial score (nSPS) is 18.9. The highest BCUT2D eigenvalue weighted by atomic mass is 16.5. The van der Waals surface area contributed by atoms with E-state index >= 15 is 0 Å². The van der Waals surface area contributed by atoms with Gasteiger partial charge in [0, 0.05) is 11.8 Å². The van der Waals surface area contributed by atoms with Crippen molar-refractivity contribution in [3.05, 3.63) is 54.0 Å². The number of para-hydroxylation sites is 1. The summed E-state index contributed by atoms with van der Waals surface area (Å²) in [6.07, 6.45) is 4.14. The number of methoxy groups -OCH3 is 1. The molecule has 1 aliphatic carbocycles. The van der Waals surface area contributed by atoms with Crippen LogP contribution in [0.15, 0.2) is 47.1 Å². The Morgan fingerprint density at radius 2 is 1.68 bits per heavy atom. The van der Waals surface area contributed by atoms with Gasteiger partial charge in [-0.05, 0) is 49.9 Å². The van der Waals surface area contributed by atoms with Crippen LogP contribution in [-0.4, -0.2) is 24.9 Å². The van der Waals surface area contributed by atoms with E-state index in [0.29, 0.717) is 49.2 Å². The summed E-state index contributed by atoms with van der Waals surface area (Å²) < 4.78 is 9.96. The summed E-state index contributed by atoms with van der Waals surface area (Å²) in [7, 11) is 1.30. The number of rotatable bonds is 6. The number of furan rings is 1. The molecule has 0 radical (unpaired) electrons. The van der Waals surface area contributed by atoms with Gasteiger partial charge in [0.15, 0.2) is 0 Å². The van der Waals surface area contributed by atoms with Crippen LogP contribution in [0.2, 0.25) is 0 Å². The molecule has 0 aliphatic heterocycles. The zero-order valence-corrected chi connectivity index (χ0v) is 15.8. The Kier molecular flexibility index (Phi) is 6.47. The number of amides is 2. The van der Waals surface area contributed by atoms with Gasteiger partial charge in [0.1, 0.15) is 5.76 Å². The largest absolute Gasteiger partial charge is 0.467 e. The Hall–Kier alpha value is -3.09. The van der Waals surface area contributed by atoms with E-state index < -0.39 is 5.97 Å². The summed E-state index contributed by atoms with van der Waals surface area (Å²) in [5.74, 6) is -0.197. The molecule has 1 aromatic heterocycles. The number of hydrogen-bond acceptors (Lipinski definition) is 5. The summed E-state index contributed by atoms with van der Waals surface area (Å²) in [4.78, 5) is 36.8. The predicted octanol–water partition coefficient (Wildman–Crippen LogP) is 3.13. The summed E-state index contributed by atoms with van der Waals surface area (Å²) in [6.45, 7) is 0.372. The molecule has 1 aromatic carbocycles. The van der Waals surface area contributed by atoms with Gasteiger partial charge in [-0.15, -0.1) is 0 Å². The van der Waals surface area contributed by atoms with E-state index in [-0.39, 0.29) is 23.7 Å². The van der Waals surface area contributed by atoms with E-state index in [4.69, 9.17) is 9.15 Å². The Balaban J connectivity index is 1.50. The maximum Gasteiger partial charge on any atom is 0.339 e. The molecule has 0 bridgehead atoms. The first-order valence-electron chi connectivity index (χ1n) is 9.36. The second-order valence-electron chi connectivity index (χ2n) is 6.87. The molecule has 0 saturated heterocycles. The average molecular weight is 384 g/mol. The Labute approximate surface area is 163 Å². The van der Waals surface area contributed by atoms with Gasteiger partial charge in [0.05, 0.1) is 31.2 Å². The van der Waals surface area contributed by atoms with Crippen LogP contribution in [0.4, 0.5) is 5.69 Å². The van der Waals surface area contributed by atoms with Gasteiger partial charge < -0.3 is 19.8 Å². The molecule has 28 heavy (non-hydrogen) atoms. The van der Waals surface area contributed by atoms with Crippen molar-refractivity contribution in [2.45, 2.75) is 32.2 Å². The van der Waals surface area contributed by atoms with Crippen LogP contribution in [0.25, 0.3) is 0 Å². The first-order valence-corrected chi connectivity index (χ1v) is 9.36. The number of ether oxygens (including phenoxy) is 1. The zero-order chi connectivity index (χ0) is 19.9. The molecular weight excluding hydrogens is 360 g/mol. The third-order valence-corrected chi connectivity index (χ3v) is 5.08. The smallest absolute Gasteiger partial charge is 0.339 e. The second kappa shape index (κ2) is 9.21. The van der Waals surface area contributed by atoms with Gasteiger partial charge >= 0.3 is 5.97 Å². The molecule has 1 aliphatic rings. The quantitative estimate of drug-likeness (QED) is 0.746. The van der Waals surface area contributed by atoms with Crippen LogP contribution in [0, 0.1) is 11.8 Å². The minimum Gasteiger partial charge on any atom is -0.467 e. The van der Waals surface area contributed by atoms with Gasteiger partial charge in [0.2, 0.25) is 11.8 Å². The van der Waals surface area contributed by atoms with E-state index in [1.807, 2.05) is 6.07 Å². The van der Waals surface area contributed by atoms with Gasteiger partial charge in [-0.25, -0.2) is 4.79 Å². The SMILES string of the molecule is COC(=O)c1ccccc1NC(=O)C1CCC(C(=O)NCc2ccco2)CC1. The molecular formula is C21H24N2O5. The zero-order valence-electron chi connectivity index (χ0n) is 15.8. The average Bonchev–Trinajstić information content (AvgIpc) is 3.25. The lowest BCUT2D eigenvalue weighted by atomic mass is 9.81. The monoisotopic (exact) mass is 384 g/mol. The van der Waals surface area contributed by atoms with Crippen molar-refractivity contribution in [3.8, 4) is 0 Å². The molecule has 1 saturated carbocycles. The summed E-state index contributed by atoms with van der Waals surface area (Å²) in [5, 5.41) is 5.71. The summed E-state index contributed by atoms with van der Waals surface area (Å²) >= 11 is 0. The molecule has 2 N–H and O–H groups in total. The lowest BCUT2D eigenvalue weighted by molar-refractivity contribution is -0.128. The maximum atomic E-state index is 12.6. The molecule has 7 nitrogen and oxygen atoms in total. The van der Waals surface area contributed by atoms with Crippen molar-refractivity contribution >= 4 is 23.5 Å². The molecule has 0 atom stereocenters. The van der Waals surface area contributed by atoms with Crippen molar-refractivity contribution in [2.75, 3.05) is 12.4 Å². The second-order valence-corrected chi connectivity index (χ2v) is 6.87. The number of esters is 1. The minimum absolute atomic E-state index is 0.00806. The third kappa shape index (κ3) is 4.79. The van der Waals surface area contributed by atoms with E-state index in [1.54, 1.807) is 36.6 Å². The summed E-state index contributed by atoms with van der Waals surface area (Å²) in [6, 6.07) is 10.4. The lowest BCUT2D eigenvalue weighted by Gasteiger charge is -2.27.